The highest BCUT2D eigenvalue weighted by atomic mass is 16.7. The number of hydrogen-bond donors (Lipinski definition) is 2. The molecule has 37 heavy (non-hydrogen) atoms. The molecule has 208 valence electrons. The molecular weight excluding hydrogens is 482 g/mol. The van der Waals surface area contributed by atoms with Crippen LogP contribution in [0.4, 0.5) is 4.79 Å². The molecule has 0 radical (unpaired) electrons. The van der Waals surface area contributed by atoms with Crippen LogP contribution in [0.3, 0.4) is 0 Å². The number of aliphatic carboxylic acids is 1. The second kappa shape index (κ2) is 11.9. The van der Waals surface area contributed by atoms with E-state index in [1.165, 1.54) is 18.2 Å². The van der Waals surface area contributed by atoms with Crippen molar-refractivity contribution in [1.82, 2.24) is 0 Å². The normalized spacial score (nSPS) is 14.7. The third kappa shape index (κ3) is 10.0. The summed E-state index contributed by atoms with van der Waals surface area (Å²) in [7, 11) is 0. The van der Waals surface area contributed by atoms with Gasteiger partial charge >= 0.3 is 24.1 Å². The van der Waals surface area contributed by atoms with E-state index in [1.807, 2.05) is 0 Å². The van der Waals surface area contributed by atoms with Crippen molar-refractivity contribution in [2.75, 3.05) is 6.61 Å². The van der Waals surface area contributed by atoms with Gasteiger partial charge in [-0.3, -0.25) is 14.4 Å². The number of ether oxygens (including phenoxy) is 4. The van der Waals surface area contributed by atoms with Crippen LogP contribution in [0.1, 0.15) is 80.7 Å². The summed E-state index contributed by atoms with van der Waals surface area (Å²) in [6.45, 7) is 16.6. The molecule has 3 atom stereocenters. The second-order valence-corrected chi connectivity index (χ2v) is 12.1. The van der Waals surface area contributed by atoms with Gasteiger partial charge in [0, 0.05) is 5.92 Å². The van der Waals surface area contributed by atoms with Crippen LogP contribution in [-0.4, -0.2) is 47.4 Å². The summed E-state index contributed by atoms with van der Waals surface area (Å²) in [5, 5.41) is 9.67. The fraction of sp³-hybridized carbons (Fsp3) is 0.630. The van der Waals surface area contributed by atoms with Crippen molar-refractivity contribution >= 4 is 24.1 Å². The van der Waals surface area contributed by atoms with Crippen LogP contribution in [0.5, 0.6) is 11.5 Å². The number of benzene rings is 1. The summed E-state index contributed by atoms with van der Waals surface area (Å²) in [6.07, 6.45) is -0.897. The van der Waals surface area contributed by atoms with Crippen LogP contribution in [0.25, 0.3) is 0 Å². The van der Waals surface area contributed by atoms with E-state index < -0.39 is 58.4 Å². The van der Waals surface area contributed by atoms with E-state index >= 15 is 0 Å². The Morgan fingerprint density at radius 3 is 1.78 bits per heavy atom. The number of esters is 2. The van der Waals surface area contributed by atoms with E-state index in [-0.39, 0.29) is 18.1 Å². The molecule has 0 saturated carbocycles. The van der Waals surface area contributed by atoms with E-state index in [4.69, 9.17) is 24.7 Å². The largest absolute Gasteiger partial charge is 0.508 e. The second-order valence-electron chi connectivity index (χ2n) is 12.1. The van der Waals surface area contributed by atoms with E-state index in [0.717, 1.165) is 0 Å². The standard InChI is InChI=1S/C27H41NO9/c1-15(14-34-24(33)37-27(8,9)10)19(20(28)21(29)30)16-11-12-17(35-22(31)25(2,3)4)18(13-16)36-23(32)26(5,6)7/h11-13,15,19-20H,14,28H2,1-10H3,(H,29,30)/t15?,19?,20-/m0/s1. The van der Waals surface area contributed by atoms with Crippen LogP contribution in [-0.2, 0) is 23.9 Å². The Morgan fingerprint density at radius 2 is 1.35 bits per heavy atom. The molecule has 0 spiro atoms. The Balaban J connectivity index is 3.44. The number of nitrogens with two attached hydrogens (primary N) is 1. The Hall–Kier alpha value is -3.14. The van der Waals surface area contributed by atoms with Crippen LogP contribution < -0.4 is 15.2 Å². The highest BCUT2D eigenvalue weighted by Gasteiger charge is 2.34. The number of carboxylic acid groups (broad SMARTS) is 1. The number of hydrogen-bond acceptors (Lipinski definition) is 9. The van der Waals surface area contributed by atoms with Crippen molar-refractivity contribution in [3.63, 3.8) is 0 Å². The van der Waals surface area contributed by atoms with E-state index in [0.29, 0.717) is 5.56 Å². The predicted molar refractivity (Wildman–Crippen MR) is 136 cm³/mol. The van der Waals surface area contributed by atoms with Gasteiger partial charge in [-0.05, 0) is 85.9 Å². The highest BCUT2D eigenvalue weighted by molar-refractivity contribution is 5.81. The minimum absolute atomic E-state index is 0.00146. The van der Waals surface area contributed by atoms with Gasteiger partial charge in [-0.15, -0.1) is 0 Å². The predicted octanol–water partition coefficient (Wildman–Crippen LogP) is 4.67. The van der Waals surface area contributed by atoms with Crippen LogP contribution >= 0.6 is 0 Å². The Bertz CT molecular complexity index is 997. The number of rotatable bonds is 8. The Morgan fingerprint density at radius 1 is 0.865 bits per heavy atom. The SMILES string of the molecule is CC(COC(=O)OC(C)(C)C)C(c1ccc(OC(=O)C(C)(C)C)c(OC(=O)C(C)(C)C)c1)[C@H](N)C(=O)O. The minimum Gasteiger partial charge on any atom is -0.480 e. The van der Waals surface area contributed by atoms with Crippen molar-refractivity contribution < 1.29 is 43.2 Å². The first-order chi connectivity index (χ1) is 16.6. The van der Waals surface area contributed by atoms with E-state index in [2.05, 4.69) is 0 Å². The summed E-state index contributed by atoms with van der Waals surface area (Å²) in [4.78, 5) is 49.1. The summed E-state index contributed by atoms with van der Waals surface area (Å²) < 4.78 is 21.4. The molecule has 0 saturated heterocycles. The van der Waals surface area contributed by atoms with Crippen LogP contribution in [0.15, 0.2) is 18.2 Å². The maximum Gasteiger partial charge on any atom is 0.508 e. The molecule has 0 heterocycles. The molecule has 0 aliphatic carbocycles. The molecule has 2 unspecified atom stereocenters. The van der Waals surface area contributed by atoms with Gasteiger partial charge in [0.1, 0.15) is 11.6 Å². The maximum atomic E-state index is 12.7. The summed E-state index contributed by atoms with van der Waals surface area (Å²) >= 11 is 0. The smallest absolute Gasteiger partial charge is 0.480 e. The summed E-state index contributed by atoms with van der Waals surface area (Å²) in [5.74, 6) is -3.90. The first kappa shape index (κ1) is 31.9. The zero-order chi connectivity index (χ0) is 28.9. The first-order valence-electron chi connectivity index (χ1n) is 12.1. The molecule has 1 aromatic rings. The Kier molecular flexibility index (Phi) is 10.3. The lowest BCUT2D eigenvalue weighted by molar-refractivity contribution is -0.145. The van der Waals surface area contributed by atoms with Gasteiger partial charge in [0.25, 0.3) is 0 Å². The molecule has 0 bridgehead atoms. The van der Waals surface area contributed by atoms with E-state index in [1.54, 1.807) is 69.2 Å². The summed E-state index contributed by atoms with van der Waals surface area (Å²) in [6, 6.07) is 3.00. The molecule has 3 N–H and O–H groups in total. The van der Waals surface area contributed by atoms with Crippen molar-refractivity contribution in [2.45, 2.75) is 86.8 Å². The maximum absolute atomic E-state index is 12.7. The van der Waals surface area contributed by atoms with Crippen molar-refractivity contribution in [3.8, 4) is 11.5 Å². The van der Waals surface area contributed by atoms with Gasteiger partial charge in [0.2, 0.25) is 0 Å². The van der Waals surface area contributed by atoms with Gasteiger partial charge < -0.3 is 29.8 Å². The van der Waals surface area contributed by atoms with Crippen molar-refractivity contribution in [1.29, 1.82) is 0 Å². The lowest BCUT2D eigenvalue weighted by atomic mass is 9.82. The molecule has 0 aromatic heterocycles. The van der Waals surface area contributed by atoms with Crippen molar-refractivity contribution in [3.05, 3.63) is 23.8 Å². The van der Waals surface area contributed by atoms with Crippen molar-refractivity contribution in [2.24, 2.45) is 22.5 Å². The fourth-order valence-corrected chi connectivity index (χ4v) is 3.03. The lowest BCUT2D eigenvalue weighted by Gasteiger charge is -2.29. The van der Waals surface area contributed by atoms with Crippen LogP contribution in [0.2, 0.25) is 0 Å². The van der Waals surface area contributed by atoms with Gasteiger partial charge in [0.05, 0.1) is 17.4 Å². The molecule has 0 amide bonds. The molecule has 0 fully saturated rings. The third-order valence-electron chi connectivity index (χ3n) is 5.12. The third-order valence-corrected chi connectivity index (χ3v) is 5.12. The Labute approximate surface area is 218 Å². The molecule has 10 heteroatoms. The topological polar surface area (TPSA) is 151 Å². The fourth-order valence-electron chi connectivity index (χ4n) is 3.03. The van der Waals surface area contributed by atoms with E-state index in [9.17, 15) is 24.3 Å². The van der Waals surface area contributed by atoms with Gasteiger partial charge in [-0.1, -0.05) is 13.0 Å². The highest BCUT2D eigenvalue weighted by Crippen LogP contribution is 2.37. The molecule has 10 nitrogen and oxygen atoms in total. The number of carboxylic acids is 1. The monoisotopic (exact) mass is 523 g/mol. The molecule has 1 aromatic carbocycles. The number of carbonyl (C=O) groups excluding carboxylic acids is 3. The quantitative estimate of drug-likeness (QED) is 0.363. The summed E-state index contributed by atoms with van der Waals surface area (Å²) in [5.41, 5.74) is 3.97. The number of carbonyl (C=O) groups is 4. The van der Waals surface area contributed by atoms with Crippen LogP contribution in [0, 0.1) is 16.7 Å². The average molecular weight is 524 g/mol. The van der Waals surface area contributed by atoms with Gasteiger partial charge in [-0.2, -0.15) is 0 Å². The zero-order valence-corrected chi connectivity index (χ0v) is 23.5. The average Bonchev–Trinajstić information content (AvgIpc) is 2.71. The molecular formula is C27H41NO9. The van der Waals surface area contributed by atoms with Gasteiger partial charge in [0.15, 0.2) is 11.5 Å². The molecule has 0 aliphatic rings. The molecule has 0 aliphatic heterocycles. The zero-order valence-electron chi connectivity index (χ0n) is 23.5. The lowest BCUT2D eigenvalue weighted by Crippen LogP contribution is -2.41. The minimum atomic E-state index is -1.38. The molecule has 1 rings (SSSR count). The van der Waals surface area contributed by atoms with Gasteiger partial charge in [-0.25, -0.2) is 4.79 Å². The first-order valence-corrected chi connectivity index (χ1v) is 12.1.